The van der Waals surface area contributed by atoms with Crippen LogP contribution in [0.5, 0.6) is 5.75 Å². The summed E-state index contributed by atoms with van der Waals surface area (Å²) in [6.07, 6.45) is 2.03. The fourth-order valence-corrected chi connectivity index (χ4v) is 3.08. The third-order valence-electron chi connectivity index (χ3n) is 3.21. The fraction of sp³-hybridized carbons (Fsp3) is 0.400. The number of ether oxygens (including phenoxy) is 1. The molecule has 1 heterocycles. The van der Waals surface area contributed by atoms with Crippen LogP contribution in [-0.2, 0) is 4.79 Å². The normalized spacial score (nSPS) is 10.7. The molecule has 0 atom stereocenters. The Labute approximate surface area is 138 Å². The zero-order valence-corrected chi connectivity index (χ0v) is 14.1. The summed E-state index contributed by atoms with van der Waals surface area (Å²) in [6.45, 7) is 4.16. The highest BCUT2D eigenvalue weighted by molar-refractivity contribution is 7.15. The zero-order chi connectivity index (χ0) is 15.9. The first kappa shape index (κ1) is 16.7. The third-order valence-corrected chi connectivity index (χ3v) is 4.46. The minimum Gasteiger partial charge on any atom is -0.484 e. The Hall–Kier alpha value is -1.66. The Morgan fingerprint density at radius 1 is 1.27 bits per heavy atom. The lowest BCUT2D eigenvalue weighted by atomic mass is 10.1. The maximum absolute atomic E-state index is 11.8. The van der Waals surface area contributed by atoms with E-state index in [1.54, 1.807) is 24.3 Å². The smallest absolute Gasteiger partial charge is 0.264 e. The van der Waals surface area contributed by atoms with Gasteiger partial charge in [0.25, 0.3) is 5.91 Å². The van der Waals surface area contributed by atoms with Gasteiger partial charge in [-0.1, -0.05) is 36.8 Å². The minimum atomic E-state index is -0.262. The van der Waals surface area contributed by atoms with Crippen molar-refractivity contribution < 1.29 is 9.53 Å². The van der Waals surface area contributed by atoms with E-state index in [4.69, 9.17) is 16.3 Å². The van der Waals surface area contributed by atoms with Crippen molar-refractivity contribution in [3.63, 3.8) is 0 Å². The molecule has 0 aliphatic heterocycles. The van der Waals surface area contributed by atoms with Gasteiger partial charge in [-0.3, -0.25) is 10.1 Å². The molecular weight excluding hydrogens is 322 g/mol. The molecule has 1 amide bonds. The Bertz CT molecular complexity index is 612. The van der Waals surface area contributed by atoms with Crippen molar-refractivity contribution >= 4 is 34.0 Å². The fourth-order valence-electron chi connectivity index (χ4n) is 1.92. The second kappa shape index (κ2) is 8.10. The number of hydrogen-bond acceptors (Lipinski definition) is 5. The molecule has 0 saturated carbocycles. The molecule has 7 heteroatoms. The molecule has 0 aliphatic rings. The minimum absolute atomic E-state index is 0.0818. The number of benzene rings is 1. The van der Waals surface area contributed by atoms with Crippen LogP contribution in [0.4, 0.5) is 5.13 Å². The van der Waals surface area contributed by atoms with Crippen LogP contribution in [0, 0.1) is 0 Å². The Morgan fingerprint density at radius 2 is 1.95 bits per heavy atom. The van der Waals surface area contributed by atoms with Crippen molar-refractivity contribution in [2.45, 2.75) is 32.6 Å². The van der Waals surface area contributed by atoms with Gasteiger partial charge in [-0.15, -0.1) is 10.2 Å². The molecule has 0 aliphatic carbocycles. The van der Waals surface area contributed by atoms with Crippen LogP contribution in [-0.4, -0.2) is 22.7 Å². The number of carbonyl (C=O) groups is 1. The number of amides is 1. The second-order valence-corrected chi connectivity index (χ2v) is 6.20. The number of rotatable bonds is 7. The van der Waals surface area contributed by atoms with E-state index in [1.165, 1.54) is 11.3 Å². The molecule has 1 aromatic heterocycles. The summed E-state index contributed by atoms with van der Waals surface area (Å²) in [5.41, 5.74) is 0. The van der Waals surface area contributed by atoms with E-state index in [1.807, 2.05) is 0 Å². The highest BCUT2D eigenvalue weighted by Gasteiger charge is 2.14. The molecule has 1 N–H and O–H groups in total. The summed E-state index contributed by atoms with van der Waals surface area (Å²) in [6, 6.07) is 6.85. The molecule has 1 aromatic carbocycles. The van der Waals surface area contributed by atoms with Gasteiger partial charge in [0.05, 0.1) is 0 Å². The molecule has 118 valence electrons. The van der Waals surface area contributed by atoms with Crippen LogP contribution >= 0.6 is 22.9 Å². The average molecular weight is 340 g/mol. The molecule has 2 aromatic rings. The van der Waals surface area contributed by atoms with Crippen LogP contribution in [0.25, 0.3) is 0 Å². The van der Waals surface area contributed by atoms with Gasteiger partial charge in [-0.2, -0.15) is 0 Å². The number of halogens is 1. The quantitative estimate of drug-likeness (QED) is 0.824. The maximum atomic E-state index is 11.8. The van der Waals surface area contributed by atoms with Crippen LogP contribution in [0.15, 0.2) is 24.3 Å². The summed E-state index contributed by atoms with van der Waals surface area (Å²) < 4.78 is 5.38. The van der Waals surface area contributed by atoms with Crippen LogP contribution < -0.4 is 10.1 Å². The molecule has 0 unspecified atom stereocenters. The first-order valence-electron chi connectivity index (χ1n) is 7.14. The Balaban J connectivity index is 1.85. The standard InChI is InChI=1S/C15H18ClN3O2S/c1-3-10(4-2)14-18-19-15(22-14)17-13(20)9-21-12-7-5-11(16)6-8-12/h5-8,10H,3-4,9H2,1-2H3,(H,17,19,20). The van der Waals surface area contributed by atoms with E-state index < -0.39 is 0 Å². The lowest BCUT2D eigenvalue weighted by molar-refractivity contribution is -0.118. The van der Waals surface area contributed by atoms with E-state index in [0.717, 1.165) is 17.8 Å². The number of carbonyl (C=O) groups excluding carboxylic acids is 1. The molecular formula is C15H18ClN3O2S. The molecule has 22 heavy (non-hydrogen) atoms. The van der Waals surface area contributed by atoms with Crippen molar-refractivity contribution in [1.29, 1.82) is 0 Å². The van der Waals surface area contributed by atoms with Crippen molar-refractivity contribution in [2.24, 2.45) is 0 Å². The van der Waals surface area contributed by atoms with Gasteiger partial charge in [0, 0.05) is 10.9 Å². The lowest BCUT2D eigenvalue weighted by Gasteiger charge is -2.06. The topological polar surface area (TPSA) is 64.1 Å². The Kier molecular flexibility index (Phi) is 6.15. The number of aromatic nitrogens is 2. The average Bonchev–Trinajstić information content (AvgIpc) is 2.96. The van der Waals surface area contributed by atoms with Crippen molar-refractivity contribution in [1.82, 2.24) is 10.2 Å². The molecule has 0 bridgehead atoms. The SMILES string of the molecule is CCC(CC)c1nnc(NC(=O)COc2ccc(Cl)cc2)s1. The summed E-state index contributed by atoms with van der Waals surface area (Å²) in [7, 11) is 0. The predicted octanol–water partition coefficient (Wildman–Crippen LogP) is 4.11. The Morgan fingerprint density at radius 3 is 2.59 bits per heavy atom. The summed E-state index contributed by atoms with van der Waals surface area (Å²) >= 11 is 7.20. The number of nitrogens with zero attached hydrogens (tertiary/aromatic N) is 2. The van der Waals surface area contributed by atoms with Crippen LogP contribution in [0.3, 0.4) is 0 Å². The van der Waals surface area contributed by atoms with E-state index in [9.17, 15) is 4.79 Å². The largest absolute Gasteiger partial charge is 0.484 e. The lowest BCUT2D eigenvalue weighted by Crippen LogP contribution is -2.20. The van der Waals surface area contributed by atoms with Crippen molar-refractivity contribution in [3.05, 3.63) is 34.3 Å². The third kappa shape index (κ3) is 4.68. The highest BCUT2D eigenvalue weighted by atomic mass is 35.5. The maximum Gasteiger partial charge on any atom is 0.264 e. The first-order valence-corrected chi connectivity index (χ1v) is 8.33. The molecule has 2 rings (SSSR count). The predicted molar refractivity (Wildman–Crippen MR) is 88.8 cm³/mol. The van der Waals surface area contributed by atoms with Crippen molar-refractivity contribution in [3.8, 4) is 5.75 Å². The van der Waals surface area contributed by atoms with E-state index >= 15 is 0 Å². The summed E-state index contributed by atoms with van der Waals surface area (Å²) in [5.74, 6) is 0.727. The van der Waals surface area contributed by atoms with Gasteiger partial charge in [-0.25, -0.2) is 0 Å². The van der Waals surface area contributed by atoms with Gasteiger partial charge in [0.1, 0.15) is 10.8 Å². The van der Waals surface area contributed by atoms with Crippen LogP contribution in [0.1, 0.15) is 37.6 Å². The van der Waals surface area contributed by atoms with Crippen molar-refractivity contribution in [2.75, 3.05) is 11.9 Å². The van der Waals surface area contributed by atoms with Gasteiger partial charge < -0.3 is 4.74 Å². The molecule has 0 fully saturated rings. The zero-order valence-electron chi connectivity index (χ0n) is 12.5. The molecule has 0 spiro atoms. The number of nitrogens with one attached hydrogen (secondary N) is 1. The first-order chi connectivity index (χ1) is 10.6. The summed E-state index contributed by atoms with van der Waals surface area (Å²) in [5, 5.41) is 12.9. The van der Waals surface area contributed by atoms with Crippen LogP contribution in [0.2, 0.25) is 5.02 Å². The summed E-state index contributed by atoms with van der Waals surface area (Å²) in [4.78, 5) is 11.8. The van der Waals surface area contributed by atoms with E-state index in [0.29, 0.717) is 21.8 Å². The van der Waals surface area contributed by atoms with Gasteiger partial charge in [0.2, 0.25) is 5.13 Å². The molecule has 0 radical (unpaired) electrons. The highest BCUT2D eigenvalue weighted by Crippen LogP contribution is 2.28. The van der Waals surface area contributed by atoms with E-state index in [2.05, 4.69) is 29.4 Å². The van der Waals surface area contributed by atoms with Gasteiger partial charge in [-0.05, 0) is 37.1 Å². The van der Waals surface area contributed by atoms with Gasteiger partial charge in [0.15, 0.2) is 6.61 Å². The van der Waals surface area contributed by atoms with E-state index in [-0.39, 0.29) is 12.5 Å². The number of hydrogen-bond donors (Lipinski definition) is 1. The molecule has 5 nitrogen and oxygen atoms in total. The number of anilines is 1. The second-order valence-electron chi connectivity index (χ2n) is 4.75. The van der Waals surface area contributed by atoms with Gasteiger partial charge >= 0.3 is 0 Å². The monoisotopic (exact) mass is 339 g/mol. The molecule has 0 saturated heterocycles.